The van der Waals surface area contributed by atoms with Crippen LogP contribution in [0.25, 0.3) is 10.9 Å². The van der Waals surface area contributed by atoms with Gasteiger partial charge in [0.05, 0.1) is 16.5 Å². The number of hydrogen-bond donors (Lipinski definition) is 2. The Morgan fingerprint density at radius 2 is 2.16 bits per heavy atom. The van der Waals surface area contributed by atoms with Crippen LogP contribution >= 0.6 is 23.1 Å². The van der Waals surface area contributed by atoms with Crippen molar-refractivity contribution in [1.29, 1.82) is 0 Å². The van der Waals surface area contributed by atoms with E-state index in [0.29, 0.717) is 0 Å². The number of rotatable bonds is 7. The molecular formula is C17H19N5OS2. The third-order valence-corrected chi connectivity index (χ3v) is 5.55. The van der Waals surface area contributed by atoms with E-state index < -0.39 is 0 Å². The summed E-state index contributed by atoms with van der Waals surface area (Å²) in [6.45, 7) is 4.83. The van der Waals surface area contributed by atoms with Gasteiger partial charge >= 0.3 is 0 Å². The van der Waals surface area contributed by atoms with Crippen LogP contribution in [0.5, 0.6) is 0 Å². The zero-order chi connectivity index (χ0) is 17.6. The maximum atomic E-state index is 12.5. The fraction of sp³-hybridized carbons (Fsp3) is 0.294. The highest BCUT2D eigenvalue weighted by Crippen LogP contribution is 2.30. The number of nitrogens with one attached hydrogen (secondary N) is 2. The second-order valence-electron chi connectivity index (χ2n) is 5.42. The molecule has 3 aromatic rings. The van der Waals surface area contributed by atoms with Crippen LogP contribution in [0.3, 0.4) is 0 Å². The van der Waals surface area contributed by atoms with Crippen LogP contribution in [0.2, 0.25) is 0 Å². The first kappa shape index (κ1) is 17.6. The summed E-state index contributed by atoms with van der Waals surface area (Å²) in [6, 6.07) is 9.51. The van der Waals surface area contributed by atoms with Crippen molar-refractivity contribution in [1.82, 2.24) is 15.2 Å². The molecule has 0 spiro atoms. The quantitative estimate of drug-likeness (QED) is 0.609. The Morgan fingerprint density at radius 1 is 1.28 bits per heavy atom. The molecule has 1 unspecified atom stereocenters. The van der Waals surface area contributed by atoms with Crippen LogP contribution in [-0.2, 0) is 4.79 Å². The predicted molar refractivity (Wildman–Crippen MR) is 104 cm³/mol. The molecule has 130 valence electrons. The topological polar surface area (TPSA) is 79.8 Å². The minimum absolute atomic E-state index is 0.0698. The summed E-state index contributed by atoms with van der Waals surface area (Å²) in [5.74, 6) is -0.0698. The molecule has 0 aliphatic heterocycles. The van der Waals surface area contributed by atoms with Crippen LogP contribution in [0.15, 0.2) is 40.9 Å². The van der Waals surface area contributed by atoms with E-state index in [2.05, 4.69) is 32.7 Å². The van der Waals surface area contributed by atoms with Gasteiger partial charge in [-0.15, -0.1) is 10.2 Å². The molecular weight excluding hydrogens is 354 g/mol. The first-order valence-corrected chi connectivity index (χ1v) is 9.75. The SMILES string of the molecule is CCCNc1nnc(SC(C)C(=O)Nc2cccc3ncccc23)s1. The molecule has 3 rings (SSSR count). The Morgan fingerprint density at radius 3 is 3.00 bits per heavy atom. The van der Waals surface area contributed by atoms with Gasteiger partial charge in [-0.2, -0.15) is 0 Å². The lowest BCUT2D eigenvalue weighted by atomic mass is 10.2. The van der Waals surface area contributed by atoms with Crippen molar-refractivity contribution in [3.8, 4) is 0 Å². The van der Waals surface area contributed by atoms with Crippen LogP contribution in [0.1, 0.15) is 20.3 Å². The molecule has 6 nitrogen and oxygen atoms in total. The molecule has 0 fully saturated rings. The normalized spacial score (nSPS) is 12.1. The van der Waals surface area contributed by atoms with Gasteiger partial charge in [0.15, 0.2) is 4.34 Å². The number of thioether (sulfide) groups is 1. The molecule has 0 saturated heterocycles. The fourth-order valence-corrected chi connectivity index (χ4v) is 4.13. The molecule has 2 N–H and O–H groups in total. The maximum Gasteiger partial charge on any atom is 0.237 e. The summed E-state index contributed by atoms with van der Waals surface area (Å²) in [5.41, 5.74) is 1.63. The van der Waals surface area contributed by atoms with Gasteiger partial charge in [0, 0.05) is 18.1 Å². The Kier molecular flexibility index (Phi) is 5.83. The second-order valence-corrected chi connectivity index (χ2v) is 7.99. The van der Waals surface area contributed by atoms with E-state index in [1.54, 1.807) is 6.20 Å². The van der Waals surface area contributed by atoms with Crippen molar-refractivity contribution >= 4 is 50.7 Å². The van der Waals surface area contributed by atoms with Crippen molar-refractivity contribution < 1.29 is 4.79 Å². The number of carbonyl (C=O) groups is 1. The lowest BCUT2D eigenvalue weighted by Gasteiger charge is -2.12. The van der Waals surface area contributed by atoms with Gasteiger partial charge in [-0.1, -0.05) is 36.1 Å². The van der Waals surface area contributed by atoms with Crippen LogP contribution < -0.4 is 10.6 Å². The van der Waals surface area contributed by atoms with Gasteiger partial charge < -0.3 is 10.6 Å². The van der Waals surface area contributed by atoms with E-state index in [1.165, 1.54) is 23.1 Å². The number of anilines is 2. The number of hydrogen-bond acceptors (Lipinski definition) is 7. The van der Waals surface area contributed by atoms with E-state index in [4.69, 9.17) is 0 Å². The third-order valence-electron chi connectivity index (χ3n) is 3.48. The summed E-state index contributed by atoms with van der Waals surface area (Å²) in [5, 5.41) is 15.8. The van der Waals surface area contributed by atoms with Gasteiger partial charge in [-0.3, -0.25) is 9.78 Å². The molecule has 1 amide bonds. The molecule has 1 atom stereocenters. The summed E-state index contributed by atoms with van der Waals surface area (Å²) in [7, 11) is 0. The smallest absolute Gasteiger partial charge is 0.237 e. The monoisotopic (exact) mass is 373 g/mol. The Labute approximate surface area is 154 Å². The molecule has 25 heavy (non-hydrogen) atoms. The summed E-state index contributed by atoms with van der Waals surface area (Å²) in [6.07, 6.45) is 2.77. The number of nitrogens with zero attached hydrogens (tertiary/aromatic N) is 3. The lowest BCUT2D eigenvalue weighted by Crippen LogP contribution is -2.22. The minimum atomic E-state index is -0.279. The van der Waals surface area contributed by atoms with E-state index in [-0.39, 0.29) is 11.2 Å². The first-order chi connectivity index (χ1) is 12.2. The fourth-order valence-electron chi connectivity index (χ4n) is 2.21. The van der Waals surface area contributed by atoms with Crippen molar-refractivity contribution in [3.05, 3.63) is 36.5 Å². The molecule has 0 saturated carbocycles. The molecule has 2 aromatic heterocycles. The first-order valence-electron chi connectivity index (χ1n) is 8.06. The molecule has 0 aliphatic carbocycles. The summed E-state index contributed by atoms with van der Waals surface area (Å²) < 4.78 is 0.779. The van der Waals surface area contributed by atoms with E-state index in [0.717, 1.165) is 39.0 Å². The van der Waals surface area contributed by atoms with E-state index in [1.807, 2.05) is 37.3 Å². The second kappa shape index (κ2) is 8.26. The highest BCUT2D eigenvalue weighted by atomic mass is 32.2. The average Bonchev–Trinajstić information content (AvgIpc) is 3.07. The average molecular weight is 374 g/mol. The number of amides is 1. The van der Waals surface area contributed by atoms with Gasteiger partial charge in [-0.25, -0.2) is 0 Å². The maximum absolute atomic E-state index is 12.5. The highest BCUT2D eigenvalue weighted by Gasteiger charge is 2.18. The molecule has 0 radical (unpaired) electrons. The standard InChI is InChI=1S/C17H19N5OS2/c1-3-9-19-16-21-22-17(25-16)24-11(2)15(23)20-14-8-4-7-13-12(14)6-5-10-18-13/h4-8,10-11H,3,9H2,1-2H3,(H,19,21)(H,20,23). The summed E-state index contributed by atoms with van der Waals surface area (Å²) in [4.78, 5) is 16.8. The number of carbonyl (C=O) groups excluding carboxylic acids is 1. The van der Waals surface area contributed by atoms with E-state index >= 15 is 0 Å². The molecule has 8 heteroatoms. The number of benzene rings is 1. The Bertz CT molecular complexity index is 862. The highest BCUT2D eigenvalue weighted by molar-refractivity contribution is 8.02. The number of aromatic nitrogens is 3. The predicted octanol–water partition coefficient (Wildman–Crippen LogP) is 4.03. The van der Waals surface area contributed by atoms with Crippen molar-refractivity contribution in [2.75, 3.05) is 17.2 Å². The van der Waals surface area contributed by atoms with Crippen LogP contribution in [-0.4, -0.2) is 32.9 Å². The van der Waals surface area contributed by atoms with Gasteiger partial charge in [0.25, 0.3) is 0 Å². The lowest BCUT2D eigenvalue weighted by molar-refractivity contribution is -0.115. The largest absolute Gasteiger partial charge is 0.360 e. The van der Waals surface area contributed by atoms with E-state index in [9.17, 15) is 4.79 Å². The molecule has 2 heterocycles. The van der Waals surface area contributed by atoms with Crippen LogP contribution in [0, 0.1) is 0 Å². The van der Waals surface area contributed by atoms with Gasteiger partial charge in [0.2, 0.25) is 11.0 Å². The zero-order valence-corrected chi connectivity index (χ0v) is 15.7. The Balaban J connectivity index is 1.65. The zero-order valence-electron chi connectivity index (χ0n) is 14.0. The third kappa shape index (κ3) is 4.46. The molecule has 0 bridgehead atoms. The van der Waals surface area contributed by atoms with Crippen LogP contribution in [0.4, 0.5) is 10.8 Å². The Hall–Kier alpha value is -2.19. The molecule has 1 aromatic carbocycles. The van der Waals surface area contributed by atoms with Crippen molar-refractivity contribution in [2.45, 2.75) is 29.9 Å². The number of fused-ring (bicyclic) bond motifs is 1. The molecule has 0 aliphatic rings. The number of pyridine rings is 1. The van der Waals surface area contributed by atoms with Gasteiger partial charge in [0.1, 0.15) is 0 Å². The van der Waals surface area contributed by atoms with Gasteiger partial charge in [-0.05, 0) is 37.6 Å². The van der Waals surface area contributed by atoms with Crippen molar-refractivity contribution in [3.63, 3.8) is 0 Å². The minimum Gasteiger partial charge on any atom is -0.360 e. The van der Waals surface area contributed by atoms with Crippen molar-refractivity contribution in [2.24, 2.45) is 0 Å². The summed E-state index contributed by atoms with van der Waals surface area (Å²) >= 11 is 2.87.